The standard InChI is InChI=1S/C29H33FN4O2/c1-3-36-23-14-10-20(11-15-23)25-16-24(29(35)31-17-19-6-4-18(2)5-7-19)26-27(33-34-28(26)32-25)21-8-12-22(30)13-9-21/h4-15,24-28,32-34H,3,16-17H2,1-2H3,(H,31,35). The summed E-state index contributed by atoms with van der Waals surface area (Å²) in [6.07, 6.45) is 0.524. The zero-order valence-corrected chi connectivity index (χ0v) is 20.6. The first-order valence-corrected chi connectivity index (χ1v) is 12.6. The first-order valence-electron chi connectivity index (χ1n) is 12.6. The van der Waals surface area contributed by atoms with Crippen LogP contribution in [0.25, 0.3) is 0 Å². The molecule has 7 heteroatoms. The molecule has 5 atom stereocenters. The Morgan fingerprint density at radius 3 is 2.36 bits per heavy atom. The fraction of sp³-hybridized carbons (Fsp3) is 0.345. The number of carbonyl (C=O) groups excluding carboxylic acids is 1. The Balaban J connectivity index is 1.38. The number of fused-ring (bicyclic) bond motifs is 1. The predicted molar refractivity (Wildman–Crippen MR) is 137 cm³/mol. The number of piperidine rings is 1. The maximum Gasteiger partial charge on any atom is 0.223 e. The van der Waals surface area contributed by atoms with Crippen LogP contribution in [-0.2, 0) is 11.3 Å². The lowest BCUT2D eigenvalue weighted by Crippen LogP contribution is -2.54. The molecule has 2 fully saturated rings. The minimum atomic E-state index is -0.272. The van der Waals surface area contributed by atoms with Gasteiger partial charge in [-0.15, -0.1) is 0 Å². The summed E-state index contributed by atoms with van der Waals surface area (Å²) in [6, 6.07) is 22.7. The van der Waals surface area contributed by atoms with Gasteiger partial charge in [-0.1, -0.05) is 54.1 Å². The average Bonchev–Trinajstić information content (AvgIpc) is 3.33. The van der Waals surface area contributed by atoms with E-state index in [9.17, 15) is 9.18 Å². The maximum absolute atomic E-state index is 13.7. The number of halogens is 1. The van der Waals surface area contributed by atoms with Crippen LogP contribution in [0.5, 0.6) is 5.75 Å². The summed E-state index contributed by atoms with van der Waals surface area (Å²) in [5, 5.41) is 6.87. The SMILES string of the molecule is CCOc1ccc(C2CC(C(=O)NCc3ccc(C)cc3)C3C(NNC3c3ccc(F)cc3)N2)cc1. The van der Waals surface area contributed by atoms with Crippen LogP contribution < -0.4 is 26.2 Å². The highest BCUT2D eigenvalue weighted by Gasteiger charge is 2.49. The summed E-state index contributed by atoms with van der Waals surface area (Å²) in [4.78, 5) is 13.7. The van der Waals surface area contributed by atoms with Crippen molar-refractivity contribution >= 4 is 5.91 Å². The highest BCUT2D eigenvalue weighted by Crippen LogP contribution is 2.42. The molecule has 5 unspecified atom stereocenters. The van der Waals surface area contributed by atoms with Gasteiger partial charge in [0.1, 0.15) is 11.6 Å². The average molecular weight is 489 g/mol. The summed E-state index contributed by atoms with van der Waals surface area (Å²) in [5.74, 6) is 0.286. The highest BCUT2D eigenvalue weighted by atomic mass is 19.1. The lowest BCUT2D eigenvalue weighted by molar-refractivity contribution is -0.129. The normalized spacial score (nSPS) is 25.2. The molecular weight excluding hydrogens is 455 g/mol. The Bertz CT molecular complexity index is 1170. The Morgan fingerprint density at radius 2 is 1.67 bits per heavy atom. The first kappa shape index (κ1) is 24.4. The van der Waals surface area contributed by atoms with E-state index in [0.717, 1.165) is 22.4 Å². The second-order valence-electron chi connectivity index (χ2n) is 9.64. The number of rotatable bonds is 7. The second kappa shape index (κ2) is 10.8. The molecule has 188 valence electrons. The number of hydrogen-bond acceptors (Lipinski definition) is 5. The van der Waals surface area contributed by atoms with Crippen molar-refractivity contribution in [1.29, 1.82) is 0 Å². The van der Waals surface area contributed by atoms with Crippen molar-refractivity contribution in [2.45, 2.75) is 45.1 Å². The van der Waals surface area contributed by atoms with Gasteiger partial charge in [0.2, 0.25) is 5.91 Å². The molecule has 3 aromatic rings. The molecular formula is C29H33FN4O2. The lowest BCUT2D eigenvalue weighted by Gasteiger charge is -2.40. The monoisotopic (exact) mass is 488 g/mol. The van der Waals surface area contributed by atoms with Crippen molar-refractivity contribution in [2.24, 2.45) is 11.8 Å². The molecule has 0 radical (unpaired) electrons. The van der Waals surface area contributed by atoms with Gasteiger partial charge in [0, 0.05) is 24.4 Å². The number of nitrogens with one attached hydrogen (secondary N) is 4. The topological polar surface area (TPSA) is 74.4 Å². The van der Waals surface area contributed by atoms with Crippen LogP contribution in [0.3, 0.4) is 0 Å². The highest BCUT2D eigenvalue weighted by molar-refractivity contribution is 5.79. The third-order valence-electron chi connectivity index (χ3n) is 7.25. The molecule has 2 aliphatic heterocycles. The summed E-state index contributed by atoms with van der Waals surface area (Å²) < 4.78 is 19.2. The van der Waals surface area contributed by atoms with E-state index >= 15 is 0 Å². The molecule has 3 aromatic carbocycles. The van der Waals surface area contributed by atoms with Gasteiger partial charge in [-0.2, -0.15) is 0 Å². The van der Waals surface area contributed by atoms with E-state index in [1.54, 1.807) is 12.1 Å². The van der Waals surface area contributed by atoms with Gasteiger partial charge >= 0.3 is 0 Å². The number of ether oxygens (including phenoxy) is 1. The molecule has 0 aliphatic carbocycles. The summed E-state index contributed by atoms with van der Waals surface area (Å²) in [5.41, 5.74) is 11.0. The molecule has 4 N–H and O–H groups in total. The number of benzene rings is 3. The van der Waals surface area contributed by atoms with Crippen LogP contribution in [0.4, 0.5) is 4.39 Å². The lowest BCUT2D eigenvalue weighted by atomic mass is 9.74. The Morgan fingerprint density at radius 1 is 0.972 bits per heavy atom. The molecule has 5 rings (SSSR count). The van der Waals surface area contributed by atoms with Crippen LogP contribution in [0.15, 0.2) is 72.8 Å². The summed E-state index contributed by atoms with van der Waals surface area (Å²) in [7, 11) is 0. The van der Waals surface area contributed by atoms with Gasteiger partial charge < -0.3 is 10.1 Å². The first-order chi connectivity index (χ1) is 17.5. The van der Waals surface area contributed by atoms with Crippen molar-refractivity contribution in [3.05, 3.63) is 101 Å². The van der Waals surface area contributed by atoms with E-state index in [4.69, 9.17) is 4.74 Å². The van der Waals surface area contributed by atoms with Gasteiger partial charge in [0.05, 0.1) is 18.8 Å². The number of aryl methyl sites for hydroxylation is 1. The van der Waals surface area contributed by atoms with Crippen molar-refractivity contribution < 1.29 is 13.9 Å². The van der Waals surface area contributed by atoms with Crippen LogP contribution in [0.2, 0.25) is 0 Å². The van der Waals surface area contributed by atoms with E-state index in [1.165, 1.54) is 17.7 Å². The van der Waals surface area contributed by atoms with Crippen molar-refractivity contribution in [3.63, 3.8) is 0 Å². The van der Waals surface area contributed by atoms with E-state index in [2.05, 4.69) is 45.8 Å². The van der Waals surface area contributed by atoms with Crippen molar-refractivity contribution in [2.75, 3.05) is 6.61 Å². The zero-order chi connectivity index (χ0) is 25.1. The molecule has 2 heterocycles. The third kappa shape index (κ3) is 5.28. The largest absolute Gasteiger partial charge is 0.494 e. The van der Waals surface area contributed by atoms with Gasteiger partial charge in [-0.25, -0.2) is 15.2 Å². The van der Waals surface area contributed by atoms with Crippen molar-refractivity contribution in [3.8, 4) is 5.75 Å². The Labute approximate surface area is 211 Å². The van der Waals surface area contributed by atoms with Crippen LogP contribution in [0.1, 0.15) is 47.7 Å². The number of amides is 1. The second-order valence-corrected chi connectivity index (χ2v) is 9.64. The summed E-state index contributed by atoms with van der Waals surface area (Å²) >= 11 is 0. The molecule has 2 saturated heterocycles. The molecule has 0 bridgehead atoms. The summed E-state index contributed by atoms with van der Waals surface area (Å²) in [6.45, 7) is 5.12. The quantitative estimate of drug-likeness (QED) is 0.399. The van der Waals surface area contributed by atoms with Crippen LogP contribution in [-0.4, -0.2) is 18.7 Å². The fourth-order valence-corrected chi connectivity index (χ4v) is 5.36. The number of hydrazine groups is 1. The van der Waals surface area contributed by atoms with E-state index in [-0.39, 0.29) is 41.8 Å². The van der Waals surface area contributed by atoms with Crippen LogP contribution in [0, 0.1) is 24.6 Å². The molecule has 36 heavy (non-hydrogen) atoms. The Hall–Kier alpha value is -3.26. The van der Waals surface area contributed by atoms with E-state index in [1.807, 2.05) is 38.1 Å². The molecule has 0 saturated carbocycles. The van der Waals surface area contributed by atoms with E-state index in [0.29, 0.717) is 19.6 Å². The fourth-order valence-electron chi connectivity index (χ4n) is 5.36. The molecule has 2 aliphatic rings. The van der Waals surface area contributed by atoms with E-state index < -0.39 is 0 Å². The predicted octanol–water partition coefficient (Wildman–Crippen LogP) is 4.29. The van der Waals surface area contributed by atoms with Gasteiger partial charge in [-0.3, -0.25) is 10.1 Å². The minimum absolute atomic E-state index is 0.00156. The molecule has 0 spiro atoms. The van der Waals surface area contributed by atoms with Gasteiger partial charge in [0.15, 0.2) is 0 Å². The third-order valence-corrected chi connectivity index (χ3v) is 7.25. The number of hydrogen-bond donors (Lipinski definition) is 4. The Kier molecular flexibility index (Phi) is 7.32. The smallest absolute Gasteiger partial charge is 0.223 e. The van der Waals surface area contributed by atoms with Gasteiger partial charge in [-0.05, 0) is 61.2 Å². The van der Waals surface area contributed by atoms with Crippen LogP contribution >= 0.6 is 0 Å². The van der Waals surface area contributed by atoms with Gasteiger partial charge in [0.25, 0.3) is 0 Å². The maximum atomic E-state index is 13.7. The van der Waals surface area contributed by atoms with Crippen molar-refractivity contribution in [1.82, 2.24) is 21.5 Å². The molecule has 1 amide bonds. The zero-order valence-electron chi connectivity index (χ0n) is 20.6. The number of carbonyl (C=O) groups is 1. The molecule has 6 nitrogen and oxygen atoms in total. The molecule has 0 aromatic heterocycles. The minimum Gasteiger partial charge on any atom is -0.494 e.